The first-order valence-corrected chi connectivity index (χ1v) is 11.5. The van der Waals surface area contributed by atoms with Crippen molar-refractivity contribution >= 4 is 28.5 Å². The SMILES string of the molecule is Cc1nc2cccc(O[C@H]3CC[C@H](NC(=O)COC4CCOCC4)CC3)c2c(N)c1C(=O)O. The molecular formula is C24H31N3O6. The van der Waals surface area contributed by atoms with Gasteiger partial charge in [0.2, 0.25) is 5.91 Å². The first-order valence-electron chi connectivity index (χ1n) is 11.5. The van der Waals surface area contributed by atoms with E-state index in [0.29, 0.717) is 35.6 Å². The van der Waals surface area contributed by atoms with Gasteiger partial charge < -0.3 is 30.4 Å². The lowest BCUT2D eigenvalue weighted by molar-refractivity contribution is -0.130. The highest BCUT2D eigenvalue weighted by molar-refractivity contribution is 6.06. The van der Waals surface area contributed by atoms with Gasteiger partial charge in [-0.25, -0.2) is 4.79 Å². The predicted octanol–water partition coefficient (Wildman–Crippen LogP) is 2.83. The fourth-order valence-electron chi connectivity index (χ4n) is 4.62. The predicted molar refractivity (Wildman–Crippen MR) is 122 cm³/mol. The Hall–Kier alpha value is -2.91. The fourth-order valence-corrected chi connectivity index (χ4v) is 4.62. The molecule has 9 nitrogen and oxygen atoms in total. The number of hydrogen-bond donors (Lipinski definition) is 3. The first kappa shape index (κ1) is 23.3. The van der Waals surface area contributed by atoms with Gasteiger partial charge >= 0.3 is 5.97 Å². The molecule has 1 amide bonds. The minimum Gasteiger partial charge on any atom is -0.490 e. The van der Waals surface area contributed by atoms with E-state index in [1.165, 1.54) is 0 Å². The van der Waals surface area contributed by atoms with Crippen LogP contribution in [0.25, 0.3) is 10.9 Å². The molecule has 1 aliphatic heterocycles. The number of carboxylic acids is 1. The number of amides is 1. The Bertz CT molecular complexity index is 1010. The maximum atomic E-state index is 12.3. The number of aromatic carboxylic acids is 1. The Balaban J connectivity index is 1.33. The summed E-state index contributed by atoms with van der Waals surface area (Å²) in [6.45, 7) is 3.09. The fraction of sp³-hybridized carbons (Fsp3) is 0.542. The van der Waals surface area contributed by atoms with Crippen LogP contribution >= 0.6 is 0 Å². The van der Waals surface area contributed by atoms with Gasteiger partial charge in [0.25, 0.3) is 0 Å². The number of pyridine rings is 1. The van der Waals surface area contributed by atoms with Gasteiger partial charge in [-0.2, -0.15) is 0 Å². The maximum absolute atomic E-state index is 12.3. The van der Waals surface area contributed by atoms with Crippen molar-refractivity contribution in [3.05, 3.63) is 29.5 Å². The van der Waals surface area contributed by atoms with Crippen LogP contribution in [-0.4, -0.2) is 60.0 Å². The van der Waals surface area contributed by atoms with E-state index in [1.54, 1.807) is 19.1 Å². The molecule has 0 radical (unpaired) electrons. The molecule has 4 N–H and O–H groups in total. The standard InChI is InChI=1S/C24H31N3O6/c1-14-21(24(29)30)23(25)22-18(26-14)3-2-4-19(22)33-17-7-5-15(6-8-17)27-20(28)13-32-16-9-11-31-12-10-16/h2-4,15-17H,5-13H2,1H3,(H2,25,26)(H,27,28)(H,29,30)/t15-,17-. The number of fused-ring (bicyclic) bond motifs is 1. The van der Waals surface area contributed by atoms with Crippen molar-refractivity contribution in [3.63, 3.8) is 0 Å². The number of carbonyl (C=O) groups excluding carboxylic acids is 1. The highest BCUT2D eigenvalue weighted by atomic mass is 16.5. The van der Waals surface area contributed by atoms with Crippen LogP contribution in [0.1, 0.15) is 54.6 Å². The summed E-state index contributed by atoms with van der Waals surface area (Å²) in [6, 6.07) is 5.51. The number of carboxylic acid groups (broad SMARTS) is 1. The number of rotatable bonds is 7. The molecule has 0 bridgehead atoms. The Morgan fingerprint density at radius 3 is 2.58 bits per heavy atom. The van der Waals surface area contributed by atoms with Crippen molar-refractivity contribution in [1.29, 1.82) is 0 Å². The van der Waals surface area contributed by atoms with Crippen molar-refractivity contribution in [2.75, 3.05) is 25.6 Å². The molecule has 178 valence electrons. The topological polar surface area (TPSA) is 133 Å². The quantitative estimate of drug-likeness (QED) is 0.578. The Morgan fingerprint density at radius 1 is 1.15 bits per heavy atom. The zero-order valence-corrected chi connectivity index (χ0v) is 18.8. The summed E-state index contributed by atoms with van der Waals surface area (Å²) in [6.07, 6.45) is 4.85. The molecule has 1 aliphatic carbocycles. The van der Waals surface area contributed by atoms with Crippen molar-refractivity contribution in [2.45, 2.75) is 63.7 Å². The summed E-state index contributed by atoms with van der Waals surface area (Å²) >= 11 is 0. The molecule has 1 saturated carbocycles. The summed E-state index contributed by atoms with van der Waals surface area (Å²) in [7, 11) is 0. The van der Waals surface area contributed by atoms with E-state index in [0.717, 1.165) is 38.5 Å². The van der Waals surface area contributed by atoms with Crippen LogP contribution in [0.5, 0.6) is 5.75 Å². The van der Waals surface area contributed by atoms with Crippen LogP contribution in [0.15, 0.2) is 18.2 Å². The van der Waals surface area contributed by atoms with Crippen LogP contribution in [-0.2, 0) is 14.3 Å². The number of benzene rings is 1. The Labute approximate surface area is 192 Å². The van der Waals surface area contributed by atoms with E-state index in [1.807, 2.05) is 6.07 Å². The molecule has 1 aromatic heterocycles. The van der Waals surface area contributed by atoms with Gasteiger partial charge in [-0.3, -0.25) is 9.78 Å². The first-order chi connectivity index (χ1) is 15.9. The minimum absolute atomic E-state index is 0.00735. The molecule has 33 heavy (non-hydrogen) atoms. The van der Waals surface area contributed by atoms with Gasteiger partial charge in [0, 0.05) is 19.3 Å². The van der Waals surface area contributed by atoms with E-state index >= 15 is 0 Å². The van der Waals surface area contributed by atoms with Crippen molar-refractivity contribution in [2.24, 2.45) is 0 Å². The van der Waals surface area contributed by atoms with Crippen LogP contribution in [0.2, 0.25) is 0 Å². The molecule has 2 heterocycles. The van der Waals surface area contributed by atoms with Crippen LogP contribution in [0.3, 0.4) is 0 Å². The van der Waals surface area contributed by atoms with Gasteiger partial charge in [0.15, 0.2) is 0 Å². The van der Waals surface area contributed by atoms with Gasteiger partial charge in [0.05, 0.1) is 34.5 Å². The molecule has 1 saturated heterocycles. The zero-order valence-electron chi connectivity index (χ0n) is 18.8. The summed E-state index contributed by atoms with van der Waals surface area (Å²) in [5.41, 5.74) is 7.38. The van der Waals surface area contributed by atoms with Gasteiger partial charge in [-0.05, 0) is 57.6 Å². The highest BCUT2D eigenvalue weighted by Crippen LogP contribution is 2.35. The smallest absolute Gasteiger partial charge is 0.339 e. The molecule has 2 aliphatic rings. The monoisotopic (exact) mass is 457 g/mol. The largest absolute Gasteiger partial charge is 0.490 e. The van der Waals surface area contributed by atoms with Crippen LogP contribution in [0.4, 0.5) is 5.69 Å². The molecule has 0 atom stereocenters. The lowest BCUT2D eigenvalue weighted by atomic mass is 9.93. The second kappa shape index (κ2) is 10.4. The van der Waals surface area contributed by atoms with Crippen molar-refractivity contribution < 1.29 is 28.9 Å². The second-order valence-corrected chi connectivity index (χ2v) is 8.72. The Kier molecular flexibility index (Phi) is 7.29. The molecule has 2 aromatic rings. The summed E-state index contributed by atoms with van der Waals surface area (Å²) in [5, 5.41) is 13.1. The highest BCUT2D eigenvalue weighted by Gasteiger charge is 2.26. The number of ether oxygens (including phenoxy) is 3. The number of nitrogens with zero attached hydrogens (tertiary/aromatic N) is 1. The lowest BCUT2D eigenvalue weighted by Crippen LogP contribution is -2.42. The molecule has 1 aromatic carbocycles. The minimum atomic E-state index is -1.11. The van der Waals surface area contributed by atoms with E-state index in [-0.39, 0.29) is 42.0 Å². The molecule has 0 unspecified atom stereocenters. The molecule has 0 spiro atoms. The number of carbonyl (C=O) groups is 2. The summed E-state index contributed by atoms with van der Waals surface area (Å²) in [4.78, 5) is 28.3. The number of anilines is 1. The lowest BCUT2D eigenvalue weighted by Gasteiger charge is -2.30. The zero-order chi connectivity index (χ0) is 23.4. The van der Waals surface area contributed by atoms with E-state index in [4.69, 9.17) is 19.9 Å². The average molecular weight is 458 g/mol. The Morgan fingerprint density at radius 2 is 1.88 bits per heavy atom. The number of nitrogens with two attached hydrogens (primary N) is 1. The molecule has 9 heteroatoms. The number of nitrogen functional groups attached to an aromatic ring is 1. The maximum Gasteiger partial charge on any atom is 0.339 e. The van der Waals surface area contributed by atoms with Gasteiger partial charge in [0.1, 0.15) is 17.9 Å². The van der Waals surface area contributed by atoms with Crippen molar-refractivity contribution in [1.82, 2.24) is 10.3 Å². The molecule has 2 fully saturated rings. The summed E-state index contributed by atoms with van der Waals surface area (Å²) < 4.78 is 17.2. The number of aromatic nitrogens is 1. The van der Waals surface area contributed by atoms with Crippen LogP contribution < -0.4 is 15.8 Å². The third kappa shape index (κ3) is 5.54. The van der Waals surface area contributed by atoms with Gasteiger partial charge in [-0.1, -0.05) is 6.07 Å². The number of hydrogen-bond acceptors (Lipinski definition) is 7. The normalized spacial score (nSPS) is 21.6. The van der Waals surface area contributed by atoms with Crippen molar-refractivity contribution in [3.8, 4) is 5.75 Å². The van der Waals surface area contributed by atoms with E-state index in [2.05, 4.69) is 10.3 Å². The number of aryl methyl sites for hydroxylation is 1. The molecule has 4 rings (SSSR count). The van der Waals surface area contributed by atoms with E-state index in [9.17, 15) is 14.7 Å². The van der Waals surface area contributed by atoms with E-state index < -0.39 is 5.97 Å². The van der Waals surface area contributed by atoms with Crippen LogP contribution in [0, 0.1) is 6.92 Å². The molecular weight excluding hydrogens is 426 g/mol. The summed E-state index contributed by atoms with van der Waals surface area (Å²) in [5.74, 6) is -0.654. The third-order valence-corrected chi connectivity index (χ3v) is 6.36. The average Bonchev–Trinajstić information content (AvgIpc) is 2.79. The number of nitrogens with one attached hydrogen (secondary N) is 1. The van der Waals surface area contributed by atoms with Gasteiger partial charge in [-0.15, -0.1) is 0 Å². The second-order valence-electron chi connectivity index (χ2n) is 8.72. The third-order valence-electron chi connectivity index (χ3n) is 6.36.